The predicted molar refractivity (Wildman–Crippen MR) is 235 cm³/mol. The third-order valence-electron chi connectivity index (χ3n) is 10.5. The van der Waals surface area contributed by atoms with Crippen LogP contribution in [0.25, 0.3) is 121 Å². The average molecular weight is 728 g/mol. The highest BCUT2D eigenvalue weighted by molar-refractivity contribution is 6.30. The zero-order valence-corrected chi connectivity index (χ0v) is 29.1. The molecule has 12 rings (SSSR count). The molecular formula is C54H32O2. The first-order valence-electron chi connectivity index (χ1n) is 25.4. The van der Waals surface area contributed by atoms with Crippen LogP contribution in [0, 0.1) is 0 Å². The molecule has 2 nitrogen and oxygen atoms in total. The van der Waals surface area contributed by atoms with Crippen LogP contribution in [0.3, 0.4) is 0 Å². The fourth-order valence-electron chi connectivity index (χ4n) is 8.13. The van der Waals surface area contributed by atoms with Gasteiger partial charge in [0, 0.05) is 38.4 Å². The molecule has 2 heterocycles. The molecular weight excluding hydrogens is 681 g/mol. The summed E-state index contributed by atoms with van der Waals surface area (Å²) in [6, 6.07) is 21.9. The van der Waals surface area contributed by atoms with Gasteiger partial charge in [0.2, 0.25) is 0 Å². The van der Waals surface area contributed by atoms with Crippen molar-refractivity contribution >= 4 is 76.0 Å². The van der Waals surface area contributed by atoms with Gasteiger partial charge < -0.3 is 8.83 Å². The van der Waals surface area contributed by atoms with E-state index in [1.807, 2.05) is 84.9 Å². The highest BCUT2D eigenvalue weighted by Gasteiger charge is 2.27. The second kappa shape index (κ2) is 12.0. The minimum atomic E-state index is -0.769. The zero-order valence-electron chi connectivity index (χ0n) is 44.1. The van der Waals surface area contributed by atoms with Gasteiger partial charge in [-0.25, -0.2) is 0 Å². The standard InChI is InChI=1S/C54H32O2/c1-2-16-35(17-3-1)49-52-47(56-53(49)39-29-27-34-15-5-7-19-37(34)31-39)32-45(54-51(52)44-24-12-13-25-46(44)55-54)50-42-22-10-8-20-40(42)48(41-21-9-11-23-43(41)50)38-28-26-33-14-4-6-18-36(33)30-38/h1-32H/i4D,6D,8D,9D,10D,11D,14D,18D,20D,21D,22D,23D,26D,28D,30D. The molecule has 0 aliphatic heterocycles. The van der Waals surface area contributed by atoms with Crippen molar-refractivity contribution in [2.75, 3.05) is 0 Å². The van der Waals surface area contributed by atoms with Gasteiger partial charge in [-0.15, -0.1) is 0 Å². The summed E-state index contributed by atoms with van der Waals surface area (Å²) in [7, 11) is 0. The van der Waals surface area contributed by atoms with Crippen molar-refractivity contribution < 1.29 is 29.4 Å². The summed E-state index contributed by atoms with van der Waals surface area (Å²) >= 11 is 0. The molecule has 0 radical (unpaired) electrons. The zero-order chi connectivity index (χ0) is 49.8. The minimum absolute atomic E-state index is 0.0968. The monoisotopic (exact) mass is 727 g/mol. The van der Waals surface area contributed by atoms with Crippen LogP contribution in [-0.4, -0.2) is 0 Å². The minimum Gasteiger partial charge on any atom is -0.455 e. The van der Waals surface area contributed by atoms with E-state index in [0.29, 0.717) is 33.1 Å². The second-order valence-electron chi connectivity index (χ2n) is 13.6. The molecule has 0 unspecified atom stereocenters. The third-order valence-corrected chi connectivity index (χ3v) is 10.5. The molecule has 0 N–H and O–H groups in total. The van der Waals surface area contributed by atoms with Gasteiger partial charge in [0.05, 0.1) is 20.6 Å². The van der Waals surface area contributed by atoms with E-state index in [2.05, 4.69) is 0 Å². The molecule has 0 amide bonds. The molecule has 0 saturated heterocycles. The van der Waals surface area contributed by atoms with E-state index in [-0.39, 0.29) is 38.3 Å². The van der Waals surface area contributed by atoms with Gasteiger partial charge in [-0.05, 0) is 84.0 Å². The Morgan fingerprint density at radius 3 is 1.82 bits per heavy atom. The quantitative estimate of drug-likeness (QED) is 0.169. The molecule has 0 aliphatic carbocycles. The molecule has 2 heteroatoms. The maximum absolute atomic E-state index is 9.70. The van der Waals surface area contributed by atoms with Crippen LogP contribution < -0.4 is 0 Å². The largest absolute Gasteiger partial charge is 0.455 e. The molecule has 0 bridgehead atoms. The van der Waals surface area contributed by atoms with Crippen LogP contribution in [0.15, 0.2) is 203 Å². The summed E-state index contributed by atoms with van der Waals surface area (Å²) in [6.45, 7) is 0. The van der Waals surface area contributed by atoms with E-state index in [9.17, 15) is 9.60 Å². The fraction of sp³-hybridized carbons (Fsp3) is 0. The lowest BCUT2D eigenvalue weighted by Crippen LogP contribution is -1.91. The number of rotatable bonds is 4. The molecule has 2 aromatic heterocycles. The lowest BCUT2D eigenvalue weighted by Gasteiger charge is -2.18. The normalized spacial score (nSPS) is 15.7. The number of hydrogen-bond donors (Lipinski definition) is 0. The van der Waals surface area contributed by atoms with Crippen molar-refractivity contribution in [2.24, 2.45) is 0 Å². The SMILES string of the molecule is [2H]c1c([2H])c([2H])c2c([2H])c(-c3c4c([2H])c([2H])c([2H])c([2H])c4c(-c4cc5oc(-c6ccc7ccccc7c6)c(-c6ccccc6)c5c5c4oc4ccccc45)c4c([2H])c([2H])c([2H])c([2H])c34)c([2H])c([2H])c2c1[2H]. The van der Waals surface area contributed by atoms with Crippen molar-refractivity contribution in [1.29, 1.82) is 0 Å². The Hall–Kier alpha value is -7.42. The summed E-state index contributed by atoms with van der Waals surface area (Å²) in [5.74, 6) is 0.501. The van der Waals surface area contributed by atoms with Crippen molar-refractivity contribution in [3.05, 3.63) is 194 Å². The van der Waals surface area contributed by atoms with Gasteiger partial charge >= 0.3 is 0 Å². The number of fused-ring (bicyclic) bond motifs is 9. The van der Waals surface area contributed by atoms with Gasteiger partial charge in [-0.3, -0.25) is 0 Å². The summed E-state index contributed by atoms with van der Waals surface area (Å²) in [6.07, 6.45) is 0. The molecule has 0 saturated carbocycles. The Morgan fingerprint density at radius 2 is 1.04 bits per heavy atom. The molecule has 0 atom stereocenters. The molecule has 0 spiro atoms. The Bertz CT molecular complexity index is 4330. The Kier molecular flexibility index (Phi) is 4.25. The van der Waals surface area contributed by atoms with Crippen LogP contribution in [0.4, 0.5) is 0 Å². The van der Waals surface area contributed by atoms with Crippen LogP contribution in [0.5, 0.6) is 0 Å². The maximum Gasteiger partial charge on any atom is 0.144 e. The summed E-state index contributed by atoms with van der Waals surface area (Å²) in [5, 5.41) is 1.64. The first kappa shape index (κ1) is 19.8. The number of furan rings is 2. The van der Waals surface area contributed by atoms with E-state index in [4.69, 9.17) is 19.8 Å². The van der Waals surface area contributed by atoms with Crippen LogP contribution >= 0.6 is 0 Å². The molecule has 260 valence electrons. The van der Waals surface area contributed by atoms with E-state index in [0.717, 1.165) is 27.5 Å². The molecule has 10 aromatic carbocycles. The van der Waals surface area contributed by atoms with Crippen molar-refractivity contribution in [3.63, 3.8) is 0 Å². The highest BCUT2D eigenvalue weighted by Crippen LogP contribution is 2.52. The van der Waals surface area contributed by atoms with Crippen molar-refractivity contribution in [3.8, 4) is 44.7 Å². The molecule has 0 aliphatic rings. The Morgan fingerprint density at radius 1 is 0.375 bits per heavy atom. The summed E-state index contributed by atoms with van der Waals surface area (Å²) in [4.78, 5) is 0. The highest BCUT2D eigenvalue weighted by atomic mass is 16.3. The van der Waals surface area contributed by atoms with E-state index < -0.39 is 113 Å². The van der Waals surface area contributed by atoms with Gasteiger partial charge in [0.25, 0.3) is 0 Å². The molecule has 56 heavy (non-hydrogen) atoms. The van der Waals surface area contributed by atoms with Crippen LogP contribution in [0.1, 0.15) is 20.6 Å². The lowest BCUT2D eigenvalue weighted by atomic mass is 9.84. The van der Waals surface area contributed by atoms with Gasteiger partial charge in [-0.2, -0.15) is 0 Å². The van der Waals surface area contributed by atoms with Crippen molar-refractivity contribution in [2.45, 2.75) is 0 Å². The van der Waals surface area contributed by atoms with E-state index >= 15 is 0 Å². The smallest absolute Gasteiger partial charge is 0.144 e. The first-order chi connectivity index (χ1) is 34.0. The first-order valence-corrected chi connectivity index (χ1v) is 17.9. The Labute approximate surface area is 343 Å². The maximum atomic E-state index is 9.70. The molecule has 0 fully saturated rings. The topological polar surface area (TPSA) is 26.3 Å². The van der Waals surface area contributed by atoms with Gasteiger partial charge in [0.15, 0.2) is 0 Å². The van der Waals surface area contributed by atoms with Crippen LogP contribution in [0.2, 0.25) is 0 Å². The van der Waals surface area contributed by atoms with Gasteiger partial charge in [0.1, 0.15) is 22.5 Å². The number of para-hydroxylation sites is 1. The number of hydrogen-bond acceptors (Lipinski definition) is 2. The second-order valence-corrected chi connectivity index (χ2v) is 13.6. The molecule has 12 aromatic rings. The summed E-state index contributed by atoms with van der Waals surface area (Å²) < 4.78 is 151. The lowest BCUT2D eigenvalue weighted by molar-refractivity contribution is 0.632. The summed E-state index contributed by atoms with van der Waals surface area (Å²) in [5.41, 5.74) is 2.28. The average Bonchev–Trinajstić information content (AvgIpc) is 3.97. The van der Waals surface area contributed by atoms with E-state index in [1.54, 1.807) is 18.2 Å². The van der Waals surface area contributed by atoms with E-state index in [1.165, 1.54) is 0 Å². The predicted octanol–water partition coefficient (Wildman–Crippen LogP) is 15.6. The Balaban J connectivity index is 1.34. The van der Waals surface area contributed by atoms with Crippen molar-refractivity contribution in [1.82, 2.24) is 0 Å². The van der Waals surface area contributed by atoms with Gasteiger partial charge in [-0.1, -0.05) is 170 Å². The number of benzene rings is 10. The van der Waals surface area contributed by atoms with Crippen LogP contribution in [-0.2, 0) is 0 Å². The fourth-order valence-corrected chi connectivity index (χ4v) is 8.13. The third kappa shape index (κ3) is 4.57.